The minimum absolute atomic E-state index is 0.0424. The number of ether oxygens (including phenoxy) is 1. The lowest BCUT2D eigenvalue weighted by atomic mass is 10.1. The van der Waals surface area contributed by atoms with Crippen molar-refractivity contribution < 1.29 is 4.74 Å². The lowest BCUT2D eigenvalue weighted by Crippen LogP contribution is -2.36. The van der Waals surface area contributed by atoms with Gasteiger partial charge >= 0.3 is 0 Å². The minimum atomic E-state index is -0.0711. The van der Waals surface area contributed by atoms with Crippen molar-refractivity contribution in [1.29, 1.82) is 5.26 Å². The Kier molecular flexibility index (Phi) is 5.89. The molecule has 0 saturated heterocycles. The molecule has 0 aromatic carbocycles. The van der Waals surface area contributed by atoms with Crippen LogP contribution < -0.4 is 26.4 Å². The lowest BCUT2D eigenvalue weighted by molar-refractivity contribution is 0.406. The van der Waals surface area contributed by atoms with Crippen LogP contribution in [0.2, 0.25) is 5.15 Å². The van der Waals surface area contributed by atoms with Crippen molar-refractivity contribution in [2.45, 2.75) is 26.3 Å². The third kappa shape index (κ3) is 4.09. The summed E-state index contributed by atoms with van der Waals surface area (Å²) in [5.41, 5.74) is 15.1. The molecule has 2 aromatic heterocycles. The molecule has 0 radical (unpaired) electrons. The Labute approximate surface area is 173 Å². The van der Waals surface area contributed by atoms with E-state index in [-0.39, 0.29) is 17.8 Å². The Morgan fingerprint density at radius 1 is 1.48 bits per heavy atom. The van der Waals surface area contributed by atoms with Crippen molar-refractivity contribution in [1.82, 2.24) is 20.3 Å². The van der Waals surface area contributed by atoms with Crippen molar-refractivity contribution in [2.75, 3.05) is 30.8 Å². The van der Waals surface area contributed by atoms with Crippen LogP contribution in [0.15, 0.2) is 11.2 Å². The van der Waals surface area contributed by atoms with E-state index in [1.807, 2.05) is 18.7 Å². The highest BCUT2D eigenvalue weighted by molar-refractivity contribution is 6.30. The van der Waals surface area contributed by atoms with Gasteiger partial charge in [-0.15, -0.1) is 4.99 Å². The fraction of sp³-hybridized carbons (Fsp3) is 0.389. The Balaban J connectivity index is 1.92. The molecule has 0 amide bonds. The Hall–Kier alpha value is -3.32. The maximum atomic E-state index is 8.62. The zero-order valence-electron chi connectivity index (χ0n) is 16.4. The molecule has 3 heterocycles. The van der Waals surface area contributed by atoms with Gasteiger partial charge in [0.05, 0.1) is 19.3 Å². The van der Waals surface area contributed by atoms with Gasteiger partial charge in [-0.25, -0.2) is 4.98 Å². The molecular formula is C18H22ClN9O. The second-order valence-corrected chi connectivity index (χ2v) is 7.07. The molecule has 5 N–H and O–H groups in total. The van der Waals surface area contributed by atoms with Gasteiger partial charge in [-0.1, -0.05) is 11.6 Å². The number of rotatable bonds is 5. The van der Waals surface area contributed by atoms with E-state index in [1.54, 1.807) is 19.5 Å². The number of nitrogens with zero attached hydrogens (tertiary/aromatic N) is 6. The second-order valence-electron chi connectivity index (χ2n) is 6.71. The van der Waals surface area contributed by atoms with Crippen LogP contribution in [0.1, 0.15) is 28.3 Å². The van der Waals surface area contributed by atoms with Crippen LogP contribution in [0.4, 0.5) is 11.8 Å². The number of aryl methyl sites for hydroxylation is 1. The zero-order valence-corrected chi connectivity index (χ0v) is 17.2. The number of anilines is 2. The van der Waals surface area contributed by atoms with E-state index in [9.17, 15) is 0 Å². The molecule has 1 aliphatic heterocycles. The van der Waals surface area contributed by atoms with E-state index in [1.165, 1.54) is 0 Å². The molecular weight excluding hydrogens is 394 g/mol. The highest BCUT2D eigenvalue weighted by atomic mass is 35.5. The monoisotopic (exact) mass is 415 g/mol. The summed E-state index contributed by atoms with van der Waals surface area (Å²) in [7, 11) is 1.65. The summed E-state index contributed by atoms with van der Waals surface area (Å²) in [6.07, 6.45) is 3.44. The molecule has 2 aromatic rings. The number of nitrogen functional groups attached to an aromatic ring is 1. The van der Waals surface area contributed by atoms with E-state index in [2.05, 4.69) is 25.3 Å². The van der Waals surface area contributed by atoms with Crippen molar-refractivity contribution in [3.05, 3.63) is 33.7 Å². The van der Waals surface area contributed by atoms with Crippen LogP contribution in [-0.4, -0.2) is 41.1 Å². The standard InChI is InChI=1S/C18H22ClN9O/c1-9-4-23-12(10(2)14(9)29-3)7-28-6-11(5-24-17(21)25-8-20)13-15(19)26-18(22)27-16(13)28/h4,11H,5-7H2,1-3H3,(H3,21,24,25)(H2,22,26,27). The van der Waals surface area contributed by atoms with Gasteiger partial charge in [-0.05, 0) is 13.8 Å². The molecule has 1 atom stereocenters. The number of guanidine groups is 1. The van der Waals surface area contributed by atoms with Crippen LogP contribution in [0.3, 0.4) is 0 Å². The third-order valence-corrected chi connectivity index (χ3v) is 5.12. The number of hydrogen-bond donors (Lipinski definition) is 3. The van der Waals surface area contributed by atoms with Crippen LogP contribution >= 0.6 is 11.6 Å². The van der Waals surface area contributed by atoms with E-state index < -0.39 is 0 Å². The van der Waals surface area contributed by atoms with E-state index >= 15 is 0 Å². The number of aromatic nitrogens is 3. The van der Waals surface area contributed by atoms with Gasteiger partial charge in [0.15, 0.2) is 0 Å². The first-order valence-corrected chi connectivity index (χ1v) is 9.26. The number of pyridine rings is 1. The fourth-order valence-corrected chi connectivity index (χ4v) is 3.85. The van der Waals surface area contributed by atoms with Gasteiger partial charge in [-0.2, -0.15) is 10.2 Å². The Morgan fingerprint density at radius 2 is 2.24 bits per heavy atom. The second kappa shape index (κ2) is 8.36. The average molecular weight is 416 g/mol. The number of nitrogens with one attached hydrogen (secondary N) is 1. The number of halogens is 1. The summed E-state index contributed by atoms with van der Waals surface area (Å²) in [6, 6.07) is 0. The predicted molar refractivity (Wildman–Crippen MR) is 111 cm³/mol. The molecule has 29 heavy (non-hydrogen) atoms. The van der Waals surface area contributed by atoms with Crippen molar-refractivity contribution in [2.24, 2.45) is 10.7 Å². The summed E-state index contributed by atoms with van der Waals surface area (Å²) in [6.45, 7) is 5.44. The van der Waals surface area contributed by atoms with Gasteiger partial charge in [0, 0.05) is 41.9 Å². The summed E-state index contributed by atoms with van der Waals surface area (Å²) < 4.78 is 5.51. The Bertz CT molecular complexity index is 1000. The van der Waals surface area contributed by atoms with Crippen LogP contribution in [0, 0.1) is 25.3 Å². The van der Waals surface area contributed by atoms with Gasteiger partial charge in [-0.3, -0.25) is 4.98 Å². The molecule has 1 unspecified atom stereocenters. The quantitative estimate of drug-likeness (QED) is 0.283. The van der Waals surface area contributed by atoms with E-state index in [0.717, 1.165) is 28.1 Å². The summed E-state index contributed by atoms with van der Waals surface area (Å²) in [5, 5.41) is 11.8. The SMILES string of the molecule is COc1c(C)cnc(CN2CC(CN/C(N)=N/C#N)c3c(Cl)nc(N)nc32)c1C. The van der Waals surface area contributed by atoms with Crippen LogP contribution in [-0.2, 0) is 6.54 Å². The highest BCUT2D eigenvalue weighted by Gasteiger charge is 2.34. The zero-order chi connectivity index (χ0) is 21.1. The molecule has 0 bridgehead atoms. The molecule has 3 rings (SSSR count). The first kappa shape index (κ1) is 20.4. The Morgan fingerprint density at radius 3 is 2.93 bits per heavy atom. The number of nitriles is 1. The van der Waals surface area contributed by atoms with Gasteiger partial charge < -0.3 is 26.4 Å². The average Bonchev–Trinajstić information content (AvgIpc) is 3.01. The molecule has 0 saturated carbocycles. The van der Waals surface area contributed by atoms with Gasteiger partial charge in [0.1, 0.15) is 16.7 Å². The summed E-state index contributed by atoms with van der Waals surface area (Å²) >= 11 is 6.38. The molecule has 0 aliphatic carbocycles. The first-order valence-electron chi connectivity index (χ1n) is 8.88. The normalized spacial score (nSPS) is 15.8. The van der Waals surface area contributed by atoms with E-state index in [4.69, 9.17) is 33.1 Å². The van der Waals surface area contributed by atoms with Gasteiger partial charge in [0.25, 0.3) is 0 Å². The van der Waals surface area contributed by atoms with Crippen molar-refractivity contribution in [3.63, 3.8) is 0 Å². The molecule has 0 spiro atoms. The molecule has 10 nitrogen and oxygen atoms in total. The number of hydrogen-bond acceptors (Lipinski definition) is 8. The number of methoxy groups -OCH3 is 1. The highest BCUT2D eigenvalue weighted by Crippen LogP contribution is 2.40. The number of aliphatic imine (C=N–C) groups is 1. The third-order valence-electron chi connectivity index (χ3n) is 4.84. The van der Waals surface area contributed by atoms with Crippen LogP contribution in [0.25, 0.3) is 0 Å². The van der Waals surface area contributed by atoms with E-state index in [0.29, 0.717) is 30.6 Å². The van der Waals surface area contributed by atoms with Crippen LogP contribution in [0.5, 0.6) is 5.75 Å². The maximum absolute atomic E-state index is 8.62. The molecule has 1 aliphatic rings. The lowest BCUT2D eigenvalue weighted by Gasteiger charge is -2.21. The minimum Gasteiger partial charge on any atom is -0.496 e. The summed E-state index contributed by atoms with van der Waals surface area (Å²) in [5.74, 6) is 1.54. The topological polar surface area (TPSA) is 151 Å². The molecule has 152 valence electrons. The predicted octanol–water partition coefficient (Wildman–Crippen LogP) is 1.22. The first-order chi connectivity index (χ1) is 13.8. The van der Waals surface area contributed by atoms with Crippen molar-refractivity contribution in [3.8, 4) is 11.9 Å². The smallest absolute Gasteiger partial charge is 0.223 e. The molecule has 0 fully saturated rings. The fourth-order valence-electron chi connectivity index (χ4n) is 3.52. The van der Waals surface area contributed by atoms with Crippen molar-refractivity contribution >= 4 is 29.3 Å². The maximum Gasteiger partial charge on any atom is 0.223 e. The number of nitrogens with two attached hydrogens (primary N) is 2. The largest absolute Gasteiger partial charge is 0.496 e. The van der Waals surface area contributed by atoms with Gasteiger partial charge in [0.2, 0.25) is 18.1 Å². The number of fused-ring (bicyclic) bond motifs is 1. The molecule has 11 heteroatoms. The summed E-state index contributed by atoms with van der Waals surface area (Å²) in [4.78, 5) is 18.6.